The highest BCUT2D eigenvalue weighted by molar-refractivity contribution is 7.89. The van der Waals surface area contributed by atoms with E-state index in [9.17, 15) is 8.42 Å². The van der Waals surface area contributed by atoms with Crippen LogP contribution in [0.15, 0.2) is 11.2 Å². The minimum absolute atomic E-state index is 0.134. The molecular weight excluding hydrogens is 238 g/mol. The van der Waals surface area contributed by atoms with Gasteiger partial charge in [-0.15, -0.1) is 0 Å². The van der Waals surface area contributed by atoms with Crippen LogP contribution < -0.4 is 4.72 Å². The predicted molar refractivity (Wildman–Crippen MR) is 67.3 cm³/mol. The quantitative estimate of drug-likeness (QED) is 0.820. The first-order chi connectivity index (χ1) is 7.89. The second-order valence-electron chi connectivity index (χ2n) is 4.28. The van der Waals surface area contributed by atoms with E-state index in [2.05, 4.69) is 14.7 Å². The summed E-state index contributed by atoms with van der Waals surface area (Å²) >= 11 is 0. The molecule has 0 fully saturated rings. The molecule has 0 saturated carbocycles. The number of aryl methyl sites for hydroxylation is 1. The smallest absolute Gasteiger partial charge is 0.258 e. The van der Waals surface area contributed by atoms with Gasteiger partial charge in [-0.05, 0) is 26.2 Å². The number of nitrogens with one attached hydrogen (secondary N) is 2. The van der Waals surface area contributed by atoms with Gasteiger partial charge in [0.15, 0.2) is 5.03 Å². The molecule has 0 atom stereocenters. The lowest BCUT2D eigenvalue weighted by molar-refractivity contribution is 0.341. The number of hydrogen-bond acceptors (Lipinski definition) is 3. The van der Waals surface area contributed by atoms with Crippen LogP contribution in [-0.4, -0.2) is 23.9 Å². The summed E-state index contributed by atoms with van der Waals surface area (Å²) in [5.74, 6) is 0.598. The van der Waals surface area contributed by atoms with E-state index in [1.165, 1.54) is 6.20 Å². The molecule has 1 aromatic heterocycles. The van der Waals surface area contributed by atoms with Crippen molar-refractivity contribution in [1.29, 1.82) is 0 Å². The first-order valence-electron chi connectivity index (χ1n) is 5.94. The van der Waals surface area contributed by atoms with E-state index in [-0.39, 0.29) is 10.6 Å². The van der Waals surface area contributed by atoms with Gasteiger partial charge < -0.3 is 4.98 Å². The maximum absolute atomic E-state index is 12.2. The number of sulfonamides is 1. The second kappa shape index (κ2) is 5.18. The molecule has 1 heterocycles. The Balaban J connectivity index is 3.00. The molecule has 0 aromatic carbocycles. The average molecular weight is 259 g/mol. The van der Waals surface area contributed by atoms with E-state index >= 15 is 0 Å². The van der Waals surface area contributed by atoms with E-state index in [4.69, 9.17) is 0 Å². The Morgan fingerprint density at radius 1 is 1.29 bits per heavy atom. The van der Waals surface area contributed by atoms with Gasteiger partial charge in [0.25, 0.3) is 10.0 Å². The molecule has 6 heteroatoms. The van der Waals surface area contributed by atoms with Crippen molar-refractivity contribution in [2.24, 2.45) is 0 Å². The van der Waals surface area contributed by atoms with Crippen molar-refractivity contribution in [1.82, 2.24) is 14.7 Å². The number of aromatic amines is 1. The Kier molecular flexibility index (Phi) is 4.32. The first-order valence-corrected chi connectivity index (χ1v) is 7.43. The van der Waals surface area contributed by atoms with Crippen LogP contribution in [-0.2, 0) is 10.0 Å². The Morgan fingerprint density at radius 2 is 1.82 bits per heavy atom. The predicted octanol–water partition coefficient (Wildman–Crippen LogP) is 1.97. The lowest BCUT2D eigenvalue weighted by Gasteiger charge is -2.30. The summed E-state index contributed by atoms with van der Waals surface area (Å²) in [7, 11) is -3.50. The fourth-order valence-corrected chi connectivity index (χ4v) is 3.43. The van der Waals surface area contributed by atoms with Crippen molar-refractivity contribution in [3.8, 4) is 0 Å². The molecule has 1 aromatic rings. The van der Waals surface area contributed by atoms with Gasteiger partial charge >= 0.3 is 0 Å². The molecule has 5 nitrogen and oxygen atoms in total. The summed E-state index contributed by atoms with van der Waals surface area (Å²) < 4.78 is 27.1. The van der Waals surface area contributed by atoms with Crippen molar-refractivity contribution >= 4 is 10.0 Å². The zero-order valence-corrected chi connectivity index (χ0v) is 11.7. The molecule has 0 saturated heterocycles. The van der Waals surface area contributed by atoms with E-state index < -0.39 is 10.0 Å². The van der Waals surface area contributed by atoms with Gasteiger partial charge in [0.1, 0.15) is 5.82 Å². The molecular formula is C11H21N3O2S. The molecule has 0 radical (unpaired) electrons. The number of aromatic nitrogens is 2. The summed E-state index contributed by atoms with van der Waals surface area (Å²) in [5, 5.41) is 0.134. The van der Waals surface area contributed by atoms with Crippen LogP contribution in [0.2, 0.25) is 0 Å². The summed E-state index contributed by atoms with van der Waals surface area (Å²) in [4.78, 5) is 6.67. The zero-order chi connectivity index (χ0) is 13.1. The molecule has 0 aliphatic carbocycles. The van der Waals surface area contributed by atoms with Crippen LogP contribution in [0.25, 0.3) is 0 Å². The van der Waals surface area contributed by atoms with Gasteiger partial charge in [-0.1, -0.05) is 20.8 Å². The third-order valence-corrected chi connectivity index (χ3v) is 4.84. The third-order valence-electron chi connectivity index (χ3n) is 3.35. The van der Waals surface area contributed by atoms with Gasteiger partial charge in [0.2, 0.25) is 0 Å². The van der Waals surface area contributed by atoms with Crippen LogP contribution in [0.4, 0.5) is 0 Å². The lowest BCUT2D eigenvalue weighted by Crippen LogP contribution is -2.47. The highest BCUT2D eigenvalue weighted by Crippen LogP contribution is 2.22. The molecule has 17 heavy (non-hydrogen) atoms. The van der Waals surface area contributed by atoms with Gasteiger partial charge in [0.05, 0.1) is 6.20 Å². The fourth-order valence-electron chi connectivity index (χ4n) is 1.84. The number of rotatable bonds is 6. The molecule has 0 spiro atoms. The van der Waals surface area contributed by atoms with Gasteiger partial charge in [-0.2, -0.15) is 0 Å². The monoisotopic (exact) mass is 259 g/mol. The summed E-state index contributed by atoms with van der Waals surface area (Å²) in [6, 6.07) is 0. The van der Waals surface area contributed by atoms with Crippen molar-refractivity contribution < 1.29 is 8.42 Å². The Labute approximate surface area is 103 Å². The molecule has 0 amide bonds. The average Bonchev–Trinajstić information content (AvgIpc) is 2.74. The lowest BCUT2D eigenvalue weighted by atomic mass is 9.91. The molecule has 0 unspecified atom stereocenters. The highest BCUT2D eigenvalue weighted by Gasteiger charge is 2.31. The topological polar surface area (TPSA) is 74.8 Å². The summed E-state index contributed by atoms with van der Waals surface area (Å²) in [5.41, 5.74) is -0.363. The van der Waals surface area contributed by atoms with Crippen LogP contribution in [0.1, 0.15) is 45.9 Å². The third kappa shape index (κ3) is 3.07. The maximum Gasteiger partial charge on any atom is 0.258 e. The van der Waals surface area contributed by atoms with Gasteiger partial charge in [-0.3, -0.25) is 0 Å². The fraction of sp³-hybridized carbons (Fsp3) is 0.727. The van der Waals surface area contributed by atoms with Crippen molar-refractivity contribution in [3.05, 3.63) is 12.0 Å². The Hall–Kier alpha value is -0.880. The number of H-pyrrole nitrogens is 1. The SMILES string of the molecule is CCC(CC)(CC)NS(=O)(=O)c1cnc(C)[nH]1. The zero-order valence-electron chi connectivity index (χ0n) is 10.9. The van der Waals surface area contributed by atoms with E-state index in [1.54, 1.807) is 6.92 Å². The second-order valence-corrected chi connectivity index (χ2v) is 5.93. The van der Waals surface area contributed by atoms with Crippen LogP contribution in [0.5, 0.6) is 0 Å². The van der Waals surface area contributed by atoms with Crippen molar-refractivity contribution in [2.45, 2.75) is 57.5 Å². The molecule has 2 N–H and O–H groups in total. The number of nitrogens with zero attached hydrogens (tertiary/aromatic N) is 1. The van der Waals surface area contributed by atoms with E-state index in [0.717, 1.165) is 19.3 Å². The van der Waals surface area contributed by atoms with E-state index in [1.807, 2.05) is 20.8 Å². The van der Waals surface area contributed by atoms with Crippen LogP contribution in [0, 0.1) is 6.92 Å². The standard InChI is InChI=1S/C11H21N3O2S/c1-5-11(6-2,7-3)14-17(15,16)10-8-12-9(4)13-10/h8,14H,5-7H2,1-4H3,(H,12,13). The van der Waals surface area contributed by atoms with Crippen LogP contribution in [0.3, 0.4) is 0 Å². The first kappa shape index (κ1) is 14.2. The van der Waals surface area contributed by atoms with Crippen molar-refractivity contribution in [3.63, 3.8) is 0 Å². The highest BCUT2D eigenvalue weighted by atomic mass is 32.2. The molecule has 0 aliphatic heterocycles. The summed E-state index contributed by atoms with van der Waals surface area (Å²) in [6.45, 7) is 7.71. The van der Waals surface area contributed by atoms with Gasteiger partial charge in [0, 0.05) is 5.54 Å². The Morgan fingerprint density at radius 3 is 2.18 bits per heavy atom. The minimum atomic E-state index is -3.50. The van der Waals surface area contributed by atoms with Crippen LogP contribution >= 0.6 is 0 Å². The number of hydrogen-bond donors (Lipinski definition) is 2. The van der Waals surface area contributed by atoms with Gasteiger partial charge in [-0.25, -0.2) is 18.1 Å². The van der Waals surface area contributed by atoms with E-state index in [0.29, 0.717) is 5.82 Å². The molecule has 0 aliphatic rings. The molecule has 98 valence electrons. The molecule has 1 rings (SSSR count). The normalized spacial score (nSPS) is 12.9. The molecule has 0 bridgehead atoms. The Bertz CT molecular complexity index is 453. The van der Waals surface area contributed by atoms with Crippen molar-refractivity contribution in [2.75, 3.05) is 0 Å². The maximum atomic E-state index is 12.2. The summed E-state index contributed by atoms with van der Waals surface area (Å²) in [6.07, 6.45) is 3.66. The largest absolute Gasteiger partial charge is 0.332 e. The number of imidazole rings is 1. The minimum Gasteiger partial charge on any atom is -0.332 e.